The van der Waals surface area contributed by atoms with Crippen molar-refractivity contribution in [1.29, 1.82) is 0 Å². The highest BCUT2D eigenvalue weighted by atomic mass is 16.6. The molecule has 0 spiro atoms. The Balaban J connectivity index is 2.52. The predicted octanol–water partition coefficient (Wildman–Crippen LogP) is 6.27. The Hall–Kier alpha value is -1.36. The molecule has 180 valence electrons. The molecule has 1 saturated carbocycles. The zero-order valence-corrected chi connectivity index (χ0v) is 20.0. The van der Waals surface area contributed by atoms with Crippen molar-refractivity contribution in [2.75, 3.05) is 6.61 Å². The summed E-state index contributed by atoms with van der Waals surface area (Å²) in [5.74, 6) is -0.0589. The van der Waals surface area contributed by atoms with E-state index in [4.69, 9.17) is 14.6 Å². The molecule has 0 aromatic rings. The summed E-state index contributed by atoms with van der Waals surface area (Å²) in [6.45, 7) is 4.49. The van der Waals surface area contributed by atoms with Gasteiger partial charge >= 0.3 is 11.9 Å². The second-order valence-corrected chi connectivity index (χ2v) is 8.90. The SMILES string of the molecule is CCCCCCCC(=O)O[C@H]1CC(/C=C/CCO)CC[C@H]1OC(=O)CCCCCCC. The lowest BCUT2D eigenvalue weighted by Gasteiger charge is -2.34. The van der Waals surface area contributed by atoms with Crippen LogP contribution in [0.15, 0.2) is 12.2 Å². The van der Waals surface area contributed by atoms with E-state index in [9.17, 15) is 9.59 Å². The number of aliphatic hydroxyl groups excluding tert-OH is 1. The summed E-state index contributed by atoms with van der Waals surface area (Å²) in [5.41, 5.74) is 0. The topological polar surface area (TPSA) is 72.8 Å². The van der Waals surface area contributed by atoms with Gasteiger partial charge in [0.1, 0.15) is 12.2 Å². The average molecular weight is 439 g/mol. The minimum Gasteiger partial charge on any atom is -0.458 e. The maximum absolute atomic E-state index is 12.4. The third-order valence-corrected chi connectivity index (χ3v) is 6.01. The van der Waals surface area contributed by atoms with Crippen LogP contribution in [0.25, 0.3) is 0 Å². The van der Waals surface area contributed by atoms with Gasteiger partial charge in [0.15, 0.2) is 0 Å². The molecule has 0 heterocycles. The Morgan fingerprint density at radius 3 is 1.90 bits per heavy atom. The minimum absolute atomic E-state index is 0.137. The van der Waals surface area contributed by atoms with Gasteiger partial charge in [0.2, 0.25) is 0 Å². The Kier molecular flexibility index (Phi) is 16.3. The molecular formula is C26H46O5. The van der Waals surface area contributed by atoms with Crippen LogP contribution in [-0.2, 0) is 19.1 Å². The second-order valence-electron chi connectivity index (χ2n) is 8.90. The normalized spacial score (nSPS) is 21.3. The van der Waals surface area contributed by atoms with Crippen LogP contribution in [0.3, 0.4) is 0 Å². The molecule has 3 atom stereocenters. The molecule has 0 saturated heterocycles. The van der Waals surface area contributed by atoms with Gasteiger partial charge in [-0.1, -0.05) is 77.4 Å². The van der Waals surface area contributed by atoms with Crippen LogP contribution >= 0.6 is 0 Å². The number of unbranched alkanes of at least 4 members (excludes halogenated alkanes) is 8. The van der Waals surface area contributed by atoms with Crippen molar-refractivity contribution in [3.05, 3.63) is 12.2 Å². The van der Waals surface area contributed by atoms with Gasteiger partial charge in [0.05, 0.1) is 0 Å². The molecule has 0 aromatic carbocycles. The van der Waals surface area contributed by atoms with Gasteiger partial charge in [-0.2, -0.15) is 0 Å². The first-order valence-corrected chi connectivity index (χ1v) is 12.8. The molecule has 0 aliphatic heterocycles. The van der Waals surface area contributed by atoms with Crippen molar-refractivity contribution < 1.29 is 24.2 Å². The first kappa shape index (κ1) is 27.7. The third kappa shape index (κ3) is 13.6. The monoisotopic (exact) mass is 438 g/mol. The summed E-state index contributed by atoms with van der Waals surface area (Å²) < 4.78 is 11.6. The van der Waals surface area contributed by atoms with E-state index in [1.807, 2.05) is 6.08 Å². The van der Waals surface area contributed by atoms with Crippen LogP contribution in [0.2, 0.25) is 0 Å². The van der Waals surface area contributed by atoms with Gasteiger partial charge in [-0.05, 0) is 44.4 Å². The fraction of sp³-hybridized carbons (Fsp3) is 0.846. The number of aliphatic hydroxyl groups is 1. The molecule has 1 fully saturated rings. The molecule has 0 amide bonds. The average Bonchev–Trinajstić information content (AvgIpc) is 2.75. The molecule has 0 aromatic heterocycles. The van der Waals surface area contributed by atoms with Crippen LogP contribution in [0.4, 0.5) is 0 Å². The molecule has 5 nitrogen and oxygen atoms in total. The second kappa shape index (κ2) is 18.2. The Bertz CT molecular complexity index is 502. The highest BCUT2D eigenvalue weighted by molar-refractivity contribution is 5.70. The van der Waals surface area contributed by atoms with E-state index in [2.05, 4.69) is 19.9 Å². The number of ether oxygens (including phenoxy) is 2. The quantitative estimate of drug-likeness (QED) is 0.165. The van der Waals surface area contributed by atoms with Crippen LogP contribution in [0, 0.1) is 5.92 Å². The number of carbonyl (C=O) groups excluding carboxylic acids is 2. The van der Waals surface area contributed by atoms with Crippen molar-refractivity contribution in [3.63, 3.8) is 0 Å². The maximum Gasteiger partial charge on any atom is 0.306 e. The maximum atomic E-state index is 12.4. The summed E-state index contributed by atoms with van der Waals surface area (Å²) >= 11 is 0. The van der Waals surface area contributed by atoms with Crippen molar-refractivity contribution in [1.82, 2.24) is 0 Å². The van der Waals surface area contributed by atoms with Gasteiger partial charge in [-0.15, -0.1) is 0 Å². The zero-order chi connectivity index (χ0) is 22.7. The van der Waals surface area contributed by atoms with Gasteiger partial charge in [0, 0.05) is 19.4 Å². The van der Waals surface area contributed by atoms with E-state index in [-0.39, 0.29) is 36.7 Å². The standard InChI is InChI=1S/C26H46O5/c1-3-5-7-9-11-16-25(28)30-23-19-18-22(15-13-14-20-27)21-24(23)31-26(29)17-12-10-8-6-4-2/h13,15,22-24,27H,3-12,14,16-21H2,1-2H3/b15-13+/t22?,23-,24+/m1/s1. The van der Waals surface area contributed by atoms with Gasteiger partial charge in [-0.25, -0.2) is 0 Å². The Labute approximate surface area is 190 Å². The number of hydrogen-bond donors (Lipinski definition) is 1. The summed E-state index contributed by atoms with van der Waals surface area (Å²) in [7, 11) is 0. The fourth-order valence-corrected chi connectivity index (χ4v) is 4.13. The van der Waals surface area contributed by atoms with E-state index in [1.165, 1.54) is 25.7 Å². The number of rotatable bonds is 17. The smallest absolute Gasteiger partial charge is 0.306 e. The lowest BCUT2D eigenvalue weighted by Crippen LogP contribution is -2.40. The molecule has 0 bridgehead atoms. The number of allylic oxidation sites excluding steroid dienone is 1. The van der Waals surface area contributed by atoms with Gasteiger partial charge < -0.3 is 14.6 Å². The van der Waals surface area contributed by atoms with Gasteiger partial charge in [-0.3, -0.25) is 9.59 Å². The van der Waals surface area contributed by atoms with E-state index in [0.717, 1.165) is 44.9 Å². The van der Waals surface area contributed by atoms with E-state index >= 15 is 0 Å². The molecule has 5 heteroatoms. The lowest BCUT2D eigenvalue weighted by atomic mass is 9.84. The molecule has 31 heavy (non-hydrogen) atoms. The number of esters is 2. The van der Waals surface area contributed by atoms with Crippen LogP contribution < -0.4 is 0 Å². The van der Waals surface area contributed by atoms with Crippen molar-refractivity contribution in [2.24, 2.45) is 5.92 Å². The summed E-state index contributed by atoms with van der Waals surface area (Å²) in [6.07, 6.45) is 18.1. The highest BCUT2D eigenvalue weighted by Crippen LogP contribution is 2.31. The van der Waals surface area contributed by atoms with Crippen molar-refractivity contribution in [3.8, 4) is 0 Å². The van der Waals surface area contributed by atoms with Crippen LogP contribution in [-0.4, -0.2) is 35.9 Å². The Morgan fingerprint density at radius 2 is 1.35 bits per heavy atom. The molecule has 1 rings (SSSR count). The largest absolute Gasteiger partial charge is 0.458 e. The van der Waals surface area contributed by atoms with E-state index in [1.54, 1.807) is 0 Å². The molecule has 1 aliphatic rings. The van der Waals surface area contributed by atoms with Crippen LogP contribution in [0.1, 0.15) is 117 Å². The predicted molar refractivity (Wildman–Crippen MR) is 125 cm³/mol. The first-order valence-electron chi connectivity index (χ1n) is 12.8. The summed E-state index contributed by atoms with van der Waals surface area (Å²) in [6, 6.07) is 0. The third-order valence-electron chi connectivity index (χ3n) is 6.01. The van der Waals surface area contributed by atoms with E-state index in [0.29, 0.717) is 32.1 Å². The first-order chi connectivity index (χ1) is 15.1. The number of hydrogen-bond acceptors (Lipinski definition) is 5. The lowest BCUT2D eigenvalue weighted by molar-refractivity contribution is -0.173. The zero-order valence-electron chi connectivity index (χ0n) is 20.0. The molecule has 1 N–H and O–H groups in total. The van der Waals surface area contributed by atoms with Crippen molar-refractivity contribution in [2.45, 2.75) is 129 Å². The highest BCUT2D eigenvalue weighted by Gasteiger charge is 2.34. The van der Waals surface area contributed by atoms with Crippen LogP contribution in [0.5, 0.6) is 0 Å². The Morgan fingerprint density at radius 1 is 0.806 bits per heavy atom. The van der Waals surface area contributed by atoms with E-state index < -0.39 is 0 Å². The fourth-order valence-electron chi connectivity index (χ4n) is 4.13. The molecule has 1 aliphatic carbocycles. The van der Waals surface area contributed by atoms with Gasteiger partial charge in [0.25, 0.3) is 0 Å². The molecular weight excluding hydrogens is 392 g/mol. The number of carbonyl (C=O) groups is 2. The molecule has 1 unspecified atom stereocenters. The minimum atomic E-state index is -0.371. The molecule has 0 radical (unpaired) electrons. The van der Waals surface area contributed by atoms with Crippen molar-refractivity contribution >= 4 is 11.9 Å². The summed E-state index contributed by atoms with van der Waals surface area (Å²) in [5, 5.41) is 8.98. The summed E-state index contributed by atoms with van der Waals surface area (Å²) in [4.78, 5) is 24.7.